The SMILES string of the molecule is CSc1ccc([C@H]2Oc3ccccc3C3=C2[C@@H](c2cccs2)n2ncnc2N3)cc1. The fourth-order valence-electron chi connectivity index (χ4n) is 4.19. The molecule has 2 aliphatic rings. The van der Waals surface area contributed by atoms with Crippen LogP contribution in [0.1, 0.15) is 28.1 Å². The zero-order valence-corrected chi connectivity index (χ0v) is 17.8. The van der Waals surface area contributed by atoms with E-state index in [1.54, 1.807) is 29.4 Å². The van der Waals surface area contributed by atoms with Crippen molar-refractivity contribution in [3.05, 3.63) is 93.9 Å². The van der Waals surface area contributed by atoms with Crippen molar-refractivity contribution >= 4 is 34.7 Å². The van der Waals surface area contributed by atoms with Crippen LogP contribution in [-0.2, 0) is 0 Å². The van der Waals surface area contributed by atoms with Crippen LogP contribution in [0.5, 0.6) is 5.75 Å². The number of hydrogen-bond donors (Lipinski definition) is 1. The van der Waals surface area contributed by atoms with Crippen LogP contribution in [0.3, 0.4) is 0 Å². The lowest BCUT2D eigenvalue weighted by Gasteiger charge is -2.38. The molecule has 148 valence electrons. The Kier molecular flexibility index (Phi) is 4.17. The lowest BCUT2D eigenvalue weighted by atomic mass is 9.87. The van der Waals surface area contributed by atoms with Gasteiger partial charge >= 0.3 is 0 Å². The molecule has 0 spiro atoms. The van der Waals surface area contributed by atoms with Crippen LogP contribution >= 0.6 is 23.1 Å². The molecule has 0 aliphatic carbocycles. The molecule has 1 N–H and O–H groups in total. The third-order valence-corrected chi connectivity index (χ3v) is 7.22. The summed E-state index contributed by atoms with van der Waals surface area (Å²) in [7, 11) is 0. The molecule has 0 radical (unpaired) electrons. The van der Waals surface area contributed by atoms with Crippen molar-refractivity contribution in [2.75, 3.05) is 11.6 Å². The molecule has 6 rings (SSSR count). The molecule has 0 saturated heterocycles. The maximum absolute atomic E-state index is 6.62. The summed E-state index contributed by atoms with van der Waals surface area (Å²) in [6.07, 6.45) is 3.48. The molecule has 2 atom stereocenters. The highest BCUT2D eigenvalue weighted by Crippen LogP contribution is 2.51. The summed E-state index contributed by atoms with van der Waals surface area (Å²) in [6.45, 7) is 0. The third kappa shape index (κ3) is 2.69. The Hall–Kier alpha value is -3.03. The number of aromatic nitrogens is 3. The molecule has 0 saturated carbocycles. The van der Waals surface area contributed by atoms with E-state index in [0.29, 0.717) is 0 Å². The zero-order chi connectivity index (χ0) is 20.1. The molecule has 2 aromatic carbocycles. The van der Waals surface area contributed by atoms with Crippen LogP contribution < -0.4 is 10.1 Å². The number of thioether (sulfide) groups is 1. The number of rotatable bonds is 3. The average molecular weight is 431 g/mol. The number of nitrogens with zero attached hydrogens (tertiary/aromatic N) is 3. The number of nitrogens with one attached hydrogen (secondary N) is 1. The molecule has 5 nitrogen and oxygen atoms in total. The van der Waals surface area contributed by atoms with E-state index in [2.05, 4.69) is 69.5 Å². The summed E-state index contributed by atoms with van der Waals surface area (Å²) in [5.74, 6) is 1.63. The van der Waals surface area contributed by atoms with Gasteiger partial charge in [0.25, 0.3) is 0 Å². The second-order valence-corrected chi connectivity index (χ2v) is 9.03. The summed E-state index contributed by atoms with van der Waals surface area (Å²) in [4.78, 5) is 6.92. The normalized spacial score (nSPS) is 19.4. The smallest absolute Gasteiger partial charge is 0.226 e. The summed E-state index contributed by atoms with van der Waals surface area (Å²) >= 11 is 3.47. The zero-order valence-electron chi connectivity index (χ0n) is 16.1. The first-order chi connectivity index (χ1) is 14.8. The van der Waals surface area contributed by atoms with Gasteiger partial charge in [0.2, 0.25) is 5.95 Å². The molecule has 0 fully saturated rings. The highest BCUT2D eigenvalue weighted by atomic mass is 32.2. The van der Waals surface area contributed by atoms with Gasteiger partial charge in [-0.05, 0) is 47.5 Å². The summed E-state index contributed by atoms with van der Waals surface area (Å²) in [5, 5.41) is 10.2. The van der Waals surface area contributed by atoms with Crippen LogP contribution in [0.25, 0.3) is 5.70 Å². The Morgan fingerprint density at radius 3 is 2.73 bits per heavy atom. The summed E-state index contributed by atoms with van der Waals surface area (Å²) in [6, 6.07) is 21.0. The molecule has 2 aliphatic heterocycles. The van der Waals surface area contributed by atoms with E-state index in [1.807, 2.05) is 22.9 Å². The van der Waals surface area contributed by atoms with Crippen molar-refractivity contribution in [1.29, 1.82) is 0 Å². The Morgan fingerprint density at radius 2 is 1.93 bits per heavy atom. The van der Waals surface area contributed by atoms with E-state index < -0.39 is 0 Å². The molecule has 30 heavy (non-hydrogen) atoms. The Bertz CT molecular complexity index is 1240. The first kappa shape index (κ1) is 17.8. The summed E-state index contributed by atoms with van der Waals surface area (Å²) in [5.41, 5.74) is 4.41. The van der Waals surface area contributed by atoms with Crippen molar-refractivity contribution in [3.8, 4) is 5.75 Å². The summed E-state index contributed by atoms with van der Waals surface area (Å²) < 4.78 is 8.58. The van der Waals surface area contributed by atoms with Gasteiger partial charge in [0.05, 0.1) is 5.70 Å². The fourth-order valence-corrected chi connectivity index (χ4v) is 5.43. The fraction of sp³-hybridized carbons (Fsp3) is 0.130. The molecule has 0 unspecified atom stereocenters. The Balaban J connectivity index is 1.60. The molecule has 0 bridgehead atoms. The van der Waals surface area contributed by atoms with Gasteiger partial charge in [-0.3, -0.25) is 0 Å². The standard InChI is InChI=1S/C23H18N4OS2/c1-29-15-10-8-14(9-11-15)22-19-20(16-5-2-3-6-17(16)28-22)26-23-24-13-25-27(23)21(19)18-7-4-12-30-18/h2-13,21-22H,1H3,(H,24,25,26)/t21-,22-/m1/s1. The quantitative estimate of drug-likeness (QED) is 0.428. The Labute approximate surface area is 182 Å². The van der Waals surface area contributed by atoms with E-state index in [-0.39, 0.29) is 12.1 Å². The van der Waals surface area contributed by atoms with Gasteiger partial charge in [-0.2, -0.15) is 10.1 Å². The number of thiophene rings is 1. The van der Waals surface area contributed by atoms with Gasteiger partial charge in [0.15, 0.2) is 0 Å². The largest absolute Gasteiger partial charge is 0.480 e. The van der Waals surface area contributed by atoms with Gasteiger partial charge in [0, 0.05) is 20.9 Å². The second-order valence-electron chi connectivity index (χ2n) is 7.17. The molecule has 2 aromatic heterocycles. The molecular weight excluding hydrogens is 412 g/mol. The highest BCUT2D eigenvalue weighted by Gasteiger charge is 2.41. The second kappa shape index (κ2) is 7.04. The van der Waals surface area contributed by atoms with Crippen molar-refractivity contribution in [1.82, 2.24) is 14.8 Å². The Morgan fingerprint density at radius 1 is 1.07 bits per heavy atom. The maximum Gasteiger partial charge on any atom is 0.226 e. The van der Waals surface area contributed by atoms with Crippen LogP contribution in [-0.4, -0.2) is 21.0 Å². The monoisotopic (exact) mass is 430 g/mol. The first-order valence-electron chi connectivity index (χ1n) is 9.67. The number of para-hydroxylation sites is 1. The van der Waals surface area contributed by atoms with E-state index in [0.717, 1.165) is 34.1 Å². The van der Waals surface area contributed by atoms with Gasteiger partial charge in [-0.15, -0.1) is 23.1 Å². The third-order valence-electron chi connectivity index (χ3n) is 5.55. The van der Waals surface area contributed by atoms with E-state index >= 15 is 0 Å². The van der Waals surface area contributed by atoms with Crippen molar-refractivity contribution < 1.29 is 4.74 Å². The number of hydrogen-bond acceptors (Lipinski definition) is 6. The highest BCUT2D eigenvalue weighted by molar-refractivity contribution is 7.98. The van der Waals surface area contributed by atoms with Crippen LogP contribution in [0.2, 0.25) is 0 Å². The minimum absolute atomic E-state index is 0.0719. The number of benzene rings is 2. The minimum atomic E-state index is -0.220. The average Bonchev–Trinajstić information content (AvgIpc) is 3.49. The van der Waals surface area contributed by atoms with E-state index in [4.69, 9.17) is 4.74 Å². The molecule has 4 aromatic rings. The topological polar surface area (TPSA) is 52.0 Å². The lowest BCUT2D eigenvalue weighted by Crippen LogP contribution is -2.32. The van der Waals surface area contributed by atoms with E-state index in [1.165, 1.54) is 9.77 Å². The molecular formula is C23H18N4OS2. The number of fused-ring (bicyclic) bond motifs is 3. The number of ether oxygens (including phenoxy) is 1. The van der Waals surface area contributed by atoms with Gasteiger partial charge < -0.3 is 10.1 Å². The van der Waals surface area contributed by atoms with E-state index in [9.17, 15) is 0 Å². The van der Waals surface area contributed by atoms with Crippen molar-refractivity contribution in [3.63, 3.8) is 0 Å². The van der Waals surface area contributed by atoms with Crippen molar-refractivity contribution in [2.24, 2.45) is 0 Å². The van der Waals surface area contributed by atoms with Gasteiger partial charge in [0.1, 0.15) is 24.2 Å². The minimum Gasteiger partial charge on any atom is -0.480 e. The first-order valence-corrected chi connectivity index (χ1v) is 11.8. The van der Waals surface area contributed by atoms with Gasteiger partial charge in [-0.25, -0.2) is 4.68 Å². The van der Waals surface area contributed by atoms with Crippen LogP contribution in [0.15, 0.2) is 82.8 Å². The molecule has 7 heteroatoms. The predicted octanol–water partition coefficient (Wildman–Crippen LogP) is 5.62. The molecule has 0 amide bonds. The predicted molar refractivity (Wildman–Crippen MR) is 121 cm³/mol. The molecule has 4 heterocycles. The number of anilines is 1. The lowest BCUT2D eigenvalue weighted by molar-refractivity contribution is 0.223. The van der Waals surface area contributed by atoms with Crippen molar-refractivity contribution in [2.45, 2.75) is 17.0 Å². The van der Waals surface area contributed by atoms with Crippen LogP contribution in [0.4, 0.5) is 5.95 Å². The van der Waals surface area contributed by atoms with Crippen LogP contribution in [0, 0.1) is 0 Å². The maximum atomic E-state index is 6.62. The van der Waals surface area contributed by atoms with Gasteiger partial charge in [-0.1, -0.05) is 30.3 Å².